The quantitative estimate of drug-likeness (QED) is 0.122. The van der Waals surface area contributed by atoms with Crippen LogP contribution < -0.4 is 0 Å². The van der Waals surface area contributed by atoms with E-state index in [1.807, 2.05) is 36.4 Å². The molecule has 0 amide bonds. The summed E-state index contributed by atoms with van der Waals surface area (Å²) in [6.07, 6.45) is 7.00. The van der Waals surface area contributed by atoms with Gasteiger partial charge in [0.2, 0.25) is 0 Å². The van der Waals surface area contributed by atoms with Gasteiger partial charge in [0.05, 0.1) is 0 Å². The van der Waals surface area contributed by atoms with Crippen LogP contribution in [0.25, 0.3) is 10.6 Å². The van der Waals surface area contributed by atoms with Crippen molar-refractivity contribution < 1.29 is 56.2 Å². The average molecular weight is 707 g/mol. The predicted octanol–water partition coefficient (Wildman–Crippen LogP) is 7.67. The topological polar surface area (TPSA) is 54.0 Å². The van der Waals surface area contributed by atoms with Gasteiger partial charge in [-0.1, -0.05) is 23.5 Å². The first-order valence-electron chi connectivity index (χ1n) is 9.95. The minimum atomic E-state index is -1.76. The molecule has 0 spiro atoms. The smallest absolute Gasteiger partial charge is 0.681 e. The molecule has 0 aliphatic rings. The number of nitrogens with zero attached hydrogens (tertiary/aromatic N) is 4. The van der Waals surface area contributed by atoms with Crippen LogP contribution in [0.3, 0.4) is 0 Å². The molecule has 37 heavy (non-hydrogen) atoms. The summed E-state index contributed by atoms with van der Waals surface area (Å²) in [5.41, 5.74) is -2.54. The Balaban J connectivity index is 0.000000427. The van der Waals surface area contributed by atoms with Crippen LogP contribution in [-0.4, -0.2) is 23.1 Å². The van der Waals surface area contributed by atoms with Gasteiger partial charge in [-0.05, 0) is 24.3 Å². The molecule has 198 valence electrons. The first-order chi connectivity index (χ1) is 17.2. The van der Waals surface area contributed by atoms with Gasteiger partial charge in [-0.25, -0.2) is 35.1 Å². The second kappa shape index (κ2) is 16.3. The second-order valence-electron chi connectivity index (χ2n) is 6.45. The van der Waals surface area contributed by atoms with Crippen molar-refractivity contribution in [2.45, 2.75) is 0 Å². The molecular weight excluding hydrogens is 691 g/mol. The van der Waals surface area contributed by atoms with Crippen molar-refractivity contribution in [2.75, 3.05) is 13.1 Å². The van der Waals surface area contributed by atoms with Gasteiger partial charge < -0.3 is 10.6 Å². The molecule has 0 bridgehead atoms. The van der Waals surface area contributed by atoms with Crippen molar-refractivity contribution in [3.63, 3.8) is 0 Å². The first-order valence-corrected chi connectivity index (χ1v) is 9.95. The zero-order valence-electron chi connectivity index (χ0n) is 18.5. The van der Waals surface area contributed by atoms with Crippen molar-refractivity contribution in [1.82, 2.24) is 9.97 Å². The molecule has 13 heteroatoms. The van der Waals surface area contributed by atoms with Gasteiger partial charge in [0.25, 0.3) is 0 Å². The number of hydrogen-bond acceptors (Lipinski definition) is 2. The van der Waals surface area contributed by atoms with E-state index in [-0.39, 0.29) is 33.2 Å². The summed E-state index contributed by atoms with van der Waals surface area (Å²) in [6.45, 7) is -1.32. The van der Waals surface area contributed by atoms with E-state index in [0.29, 0.717) is 0 Å². The maximum Gasteiger partial charge on any atom is 2.00 e. The van der Waals surface area contributed by atoms with E-state index in [9.17, 15) is 35.1 Å². The van der Waals surface area contributed by atoms with Crippen molar-refractivity contribution in [3.8, 4) is 0 Å². The Morgan fingerprint density at radius 3 is 0.919 bits per heavy atom. The van der Waals surface area contributed by atoms with Crippen LogP contribution in [0.1, 0.15) is 0 Å². The molecule has 4 nitrogen and oxygen atoms in total. The summed E-state index contributed by atoms with van der Waals surface area (Å²) >= 11 is 0. The van der Waals surface area contributed by atoms with Crippen molar-refractivity contribution >= 4 is 11.4 Å². The predicted molar refractivity (Wildman–Crippen MR) is 117 cm³/mol. The summed E-state index contributed by atoms with van der Waals surface area (Å²) in [4.78, 5) is 7.57. The van der Waals surface area contributed by atoms with Gasteiger partial charge in [0.1, 0.15) is 23.3 Å². The summed E-state index contributed by atoms with van der Waals surface area (Å²) < 4.78 is 105. The first kappa shape index (κ1) is 31.5. The summed E-state index contributed by atoms with van der Waals surface area (Å²) in [6, 6.07) is 11.4. The van der Waals surface area contributed by atoms with Crippen molar-refractivity contribution in [3.05, 3.63) is 130 Å². The van der Waals surface area contributed by atoms with Gasteiger partial charge in [-0.2, -0.15) is 0 Å². The molecule has 0 radical (unpaired) electrons. The van der Waals surface area contributed by atoms with E-state index >= 15 is 0 Å². The molecule has 0 unspecified atom stereocenters. The van der Waals surface area contributed by atoms with Gasteiger partial charge in [-0.3, -0.25) is 9.97 Å². The maximum atomic E-state index is 13.3. The Morgan fingerprint density at radius 1 is 0.459 bits per heavy atom. The third kappa shape index (κ3) is 9.80. The van der Waals surface area contributed by atoms with Gasteiger partial charge >= 0.3 is 21.1 Å². The molecule has 4 aromatic rings. The molecule has 0 N–H and O–H groups in total. The van der Waals surface area contributed by atoms with E-state index in [4.69, 9.17) is 0 Å². The van der Waals surface area contributed by atoms with Gasteiger partial charge in [-0.15, -0.1) is 13.1 Å². The van der Waals surface area contributed by atoms with Crippen LogP contribution in [0.5, 0.6) is 0 Å². The number of halogens is 8. The molecule has 0 atom stereocenters. The third-order valence-electron chi connectivity index (χ3n) is 3.95. The van der Waals surface area contributed by atoms with E-state index < -0.39 is 71.0 Å². The summed E-state index contributed by atoms with van der Waals surface area (Å²) in [7, 11) is 0. The zero-order chi connectivity index (χ0) is 26.5. The standard InChI is InChI=1S/C14H6F8N2.2C5H5N.Pt/c15-5-3-6(16)10(20)13(9(5)19)23-1-2-24-14-11(21)7(17)4-8(18)12(14)22;2*1-2-4-6-5-3-1;/h3-4H,1-2H2;2*1-5H;/q-2;;;+2. The Labute approximate surface area is 221 Å². The second-order valence-corrected chi connectivity index (χ2v) is 6.45. The van der Waals surface area contributed by atoms with Crippen LogP contribution in [0.15, 0.2) is 73.3 Å². The van der Waals surface area contributed by atoms with Gasteiger partial charge in [0.15, 0.2) is 23.3 Å². The normalized spacial score (nSPS) is 9.62. The zero-order valence-corrected chi connectivity index (χ0v) is 20.7. The molecule has 0 saturated carbocycles. The largest absolute Gasteiger partial charge is 2.00 e. The number of aromatic nitrogens is 2. The molecule has 2 aromatic heterocycles. The van der Waals surface area contributed by atoms with Crippen LogP contribution in [0.4, 0.5) is 46.5 Å². The molecular formula is C24H16F8N4Pt. The minimum Gasteiger partial charge on any atom is -0.681 e. The molecule has 0 aliphatic heterocycles. The van der Waals surface area contributed by atoms with Crippen LogP contribution in [-0.2, 0) is 21.1 Å². The number of hydrogen-bond donors (Lipinski definition) is 0. The van der Waals surface area contributed by atoms with Gasteiger partial charge in [0, 0.05) is 36.9 Å². The Kier molecular flexibility index (Phi) is 13.8. The molecule has 4 rings (SSSR count). The molecule has 0 aliphatic carbocycles. The van der Waals surface area contributed by atoms with E-state index in [1.165, 1.54) is 0 Å². The summed E-state index contributed by atoms with van der Waals surface area (Å²) in [5.74, 6) is -13.8. The average Bonchev–Trinajstić information content (AvgIpc) is 2.90. The van der Waals surface area contributed by atoms with E-state index in [1.54, 1.807) is 24.8 Å². The Bertz CT molecular complexity index is 1030. The van der Waals surface area contributed by atoms with Crippen molar-refractivity contribution in [1.29, 1.82) is 0 Å². The van der Waals surface area contributed by atoms with E-state index in [2.05, 4.69) is 20.6 Å². The number of pyridine rings is 2. The fraction of sp³-hybridized carbons (Fsp3) is 0.0833. The number of benzene rings is 2. The van der Waals surface area contributed by atoms with Crippen molar-refractivity contribution in [2.24, 2.45) is 0 Å². The third-order valence-corrected chi connectivity index (χ3v) is 3.95. The van der Waals surface area contributed by atoms with Crippen LogP contribution in [0, 0.1) is 46.5 Å². The van der Waals surface area contributed by atoms with E-state index in [0.717, 1.165) is 0 Å². The molecule has 0 saturated heterocycles. The van der Waals surface area contributed by atoms with Crippen LogP contribution in [0.2, 0.25) is 0 Å². The monoisotopic (exact) mass is 707 g/mol. The molecule has 2 aromatic carbocycles. The fourth-order valence-corrected chi connectivity index (χ4v) is 2.35. The Hall–Kier alpha value is -3.53. The Morgan fingerprint density at radius 2 is 0.730 bits per heavy atom. The fourth-order valence-electron chi connectivity index (χ4n) is 2.35. The van der Waals surface area contributed by atoms with Crippen LogP contribution >= 0.6 is 0 Å². The minimum absolute atomic E-state index is 0. The number of rotatable bonds is 5. The molecule has 0 fully saturated rings. The SMILES string of the molecule is Fc1cc(F)c(F)c([N-]CC[N-]c2c(F)c(F)cc(F)c2F)c1F.[Pt+2].c1ccncc1.c1ccncc1. The summed E-state index contributed by atoms with van der Waals surface area (Å²) in [5, 5.41) is 6.38. The maximum absolute atomic E-state index is 13.3. The molecule has 2 heterocycles.